The Morgan fingerprint density at radius 2 is 1.69 bits per heavy atom. The molecule has 0 unspecified atom stereocenters. The van der Waals surface area contributed by atoms with E-state index in [0.29, 0.717) is 16.8 Å². The first kappa shape index (κ1) is 22.3. The van der Waals surface area contributed by atoms with E-state index in [1.165, 1.54) is 0 Å². The van der Waals surface area contributed by atoms with Crippen molar-refractivity contribution in [2.45, 2.75) is 47.0 Å². The second-order valence-electron chi connectivity index (χ2n) is 8.35. The molecular weight excluding hydrogens is 366 g/mol. The van der Waals surface area contributed by atoms with Crippen LogP contribution in [0.15, 0.2) is 24.3 Å². The fourth-order valence-electron chi connectivity index (χ4n) is 3.40. The van der Waals surface area contributed by atoms with Crippen molar-refractivity contribution < 1.29 is 14.7 Å². The lowest BCUT2D eigenvalue weighted by Gasteiger charge is -2.24. The minimum Gasteiger partial charge on any atom is -0.507 e. The Kier molecular flexibility index (Phi) is 6.57. The monoisotopic (exact) mass is 397 g/mol. The number of hydrogen-bond acceptors (Lipinski definition) is 4. The van der Waals surface area contributed by atoms with Crippen LogP contribution < -0.4 is 16.0 Å². The number of anilines is 2. The van der Waals surface area contributed by atoms with Crippen LogP contribution in [0.1, 0.15) is 53.4 Å². The minimum absolute atomic E-state index is 0.0396. The van der Waals surface area contributed by atoms with Gasteiger partial charge in [-0.1, -0.05) is 32.9 Å². The molecule has 6 nitrogen and oxygen atoms in total. The molecule has 2 aromatic rings. The molecule has 4 N–H and O–H groups in total. The van der Waals surface area contributed by atoms with Crippen molar-refractivity contribution in [2.24, 2.45) is 0 Å². The zero-order chi connectivity index (χ0) is 21.9. The molecule has 0 bridgehead atoms. The molecule has 29 heavy (non-hydrogen) atoms. The van der Waals surface area contributed by atoms with Gasteiger partial charge in [0, 0.05) is 29.5 Å². The predicted molar refractivity (Wildman–Crippen MR) is 118 cm³/mol. The summed E-state index contributed by atoms with van der Waals surface area (Å²) in [6, 6.07) is 7.22. The van der Waals surface area contributed by atoms with Crippen LogP contribution in [0.2, 0.25) is 0 Å². The number of carbonyl (C=O) groups is 2. The number of nitrogens with one attached hydrogen (secondary N) is 3. The Balaban J connectivity index is 2.24. The first-order valence-electron chi connectivity index (χ1n) is 9.65. The summed E-state index contributed by atoms with van der Waals surface area (Å²) in [7, 11) is 1.57. The summed E-state index contributed by atoms with van der Waals surface area (Å²) in [6.45, 7) is 11.8. The molecule has 0 aliphatic rings. The van der Waals surface area contributed by atoms with E-state index in [1.807, 2.05) is 32.9 Å². The third kappa shape index (κ3) is 5.08. The van der Waals surface area contributed by atoms with Crippen LogP contribution in [-0.4, -0.2) is 30.5 Å². The van der Waals surface area contributed by atoms with E-state index in [0.717, 1.165) is 22.4 Å². The van der Waals surface area contributed by atoms with Gasteiger partial charge in [0.15, 0.2) is 0 Å². The summed E-state index contributed by atoms with van der Waals surface area (Å²) in [4.78, 5) is 24.7. The molecule has 6 heteroatoms. The van der Waals surface area contributed by atoms with Crippen molar-refractivity contribution in [3.8, 4) is 5.75 Å². The van der Waals surface area contributed by atoms with Gasteiger partial charge in [0.25, 0.3) is 5.91 Å². The average molecular weight is 398 g/mol. The van der Waals surface area contributed by atoms with E-state index in [4.69, 9.17) is 0 Å². The number of amides is 2. The predicted octanol–water partition coefficient (Wildman–Crippen LogP) is 4.03. The highest BCUT2D eigenvalue weighted by Crippen LogP contribution is 2.32. The van der Waals surface area contributed by atoms with Gasteiger partial charge < -0.3 is 21.1 Å². The van der Waals surface area contributed by atoms with Gasteiger partial charge in [0.1, 0.15) is 5.75 Å². The molecule has 0 heterocycles. The van der Waals surface area contributed by atoms with Gasteiger partial charge in [0.2, 0.25) is 5.91 Å². The van der Waals surface area contributed by atoms with Gasteiger partial charge in [-0.2, -0.15) is 0 Å². The fourth-order valence-corrected chi connectivity index (χ4v) is 3.40. The Labute approximate surface area is 172 Å². The Morgan fingerprint density at radius 1 is 1.03 bits per heavy atom. The molecule has 2 amide bonds. The highest BCUT2D eigenvalue weighted by Gasteiger charge is 2.21. The molecule has 156 valence electrons. The summed E-state index contributed by atoms with van der Waals surface area (Å²) in [5.41, 5.74) is 5.07. The second kappa shape index (κ2) is 8.55. The standard InChI is InChI=1S/C23H31N3O3/c1-13-10-14(2)21(28)15(3)20(13)25-12-19(27)26-18-11-16(22(29)24-7)8-9-17(18)23(4,5)6/h8-11,25,28H,12H2,1-7H3,(H,24,29)(H,26,27). The number of hydrogen-bond donors (Lipinski definition) is 4. The van der Waals surface area contributed by atoms with Crippen LogP contribution in [0, 0.1) is 20.8 Å². The third-order valence-corrected chi connectivity index (χ3v) is 4.95. The van der Waals surface area contributed by atoms with Gasteiger partial charge in [0.05, 0.1) is 6.54 Å². The van der Waals surface area contributed by atoms with Crippen molar-refractivity contribution in [3.63, 3.8) is 0 Å². The third-order valence-electron chi connectivity index (χ3n) is 4.95. The molecule has 0 radical (unpaired) electrons. The van der Waals surface area contributed by atoms with E-state index in [9.17, 15) is 14.7 Å². The molecule has 0 spiro atoms. The molecular formula is C23H31N3O3. The number of aromatic hydroxyl groups is 1. The van der Waals surface area contributed by atoms with E-state index in [2.05, 4.69) is 36.7 Å². The summed E-state index contributed by atoms with van der Waals surface area (Å²) in [6.07, 6.45) is 0. The molecule has 0 fully saturated rings. The molecule has 2 rings (SSSR count). The number of carbonyl (C=O) groups excluding carboxylic acids is 2. The van der Waals surface area contributed by atoms with Crippen molar-refractivity contribution >= 4 is 23.2 Å². The largest absolute Gasteiger partial charge is 0.507 e. The van der Waals surface area contributed by atoms with Crippen LogP contribution in [0.4, 0.5) is 11.4 Å². The van der Waals surface area contributed by atoms with Crippen LogP contribution in [0.3, 0.4) is 0 Å². The van der Waals surface area contributed by atoms with Crippen molar-refractivity contribution in [2.75, 3.05) is 24.2 Å². The molecule has 0 aliphatic carbocycles. The normalized spacial score (nSPS) is 11.1. The van der Waals surface area contributed by atoms with Crippen molar-refractivity contribution in [1.29, 1.82) is 0 Å². The van der Waals surface area contributed by atoms with E-state index >= 15 is 0 Å². The summed E-state index contributed by atoms with van der Waals surface area (Å²) in [5, 5.41) is 18.8. The number of aryl methyl sites for hydroxylation is 2. The highest BCUT2D eigenvalue weighted by molar-refractivity contribution is 5.99. The Morgan fingerprint density at radius 3 is 2.28 bits per heavy atom. The molecule has 0 atom stereocenters. The average Bonchev–Trinajstić information content (AvgIpc) is 2.64. The SMILES string of the molecule is CNC(=O)c1ccc(C(C)(C)C)c(NC(=O)CNc2c(C)cc(C)c(O)c2C)c1. The van der Waals surface area contributed by atoms with Crippen LogP contribution >= 0.6 is 0 Å². The topological polar surface area (TPSA) is 90.5 Å². The zero-order valence-corrected chi connectivity index (χ0v) is 18.3. The van der Waals surface area contributed by atoms with E-state index < -0.39 is 0 Å². The van der Waals surface area contributed by atoms with Gasteiger partial charge >= 0.3 is 0 Å². The molecule has 0 aromatic heterocycles. The number of phenols is 1. The number of phenolic OH excluding ortho intramolecular Hbond substituents is 1. The van der Waals surface area contributed by atoms with Gasteiger partial charge in [-0.05, 0) is 55.0 Å². The molecule has 0 saturated heterocycles. The minimum atomic E-state index is -0.233. The maximum Gasteiger partial charge on any atom is 0.251 e. The smallest absolute Gasteiger partial charge is 0.251 e. The Bertz CT molecular complexity index is 943. The molecule has 0 aliphatic heterocycles. The first-order chi connectivity index (χ1) is 13.5. The summed E-state index contributed by atoms with van der Waals surface area (Å²) < 4.78 is 0. The maximum absolute atomic E-state index is 12.7. The zero-order valence-electron chi connectivity index (χ0n) is 18.3. The fraction of sp³-hybridized carbons (Fsp3) is 0.391. The lowest BCUT2D eigenvalue weighted by molar-refractivity contribution is -0.114. The second-order valence-corrected chi connectivity index (χ2v) is 8.35. The van der Waals surface area contributed by atoms with Gasteiger partial charge in [-0.25, -0.2) is 0 Å². The quantitative estimate of drug-likeness (QED) is 0.613. The van der Waals surface area contributed by atoms with E-state index in [-0.39, 0.29) is 29.5 Å². The Hall–Kier alpha value is -3.02. The van der Waals surface area contributed by atoms with Crippen LogP contribution in [0.5, 0.6) is 5.75 Å². The number of benzene rings is 2. The van der Waals surface area contributed by atoms with Crippen LogP contribution in [-0.2, 0) is 10.2 Å². The lowest BCUT2D eigenvalue weighted by atomic mass is 9.85. The van der Waals surface area contributed by atoms with Crippen molar-refractivity contribution in [1.82, 2.24) is 5.32 Å². The molecule has 2 aromatic carbocycles. The van der Waals surface area contributed by atoms with Gasteiger partial charge in [-0.3, -0.25) is 9.59 Å². The summed E-state index contributed by atoms with van der Waals surface area (Å²) >= 11 is 0. The van der Waals surface area contributed by atoms with E-state index in [1.54, 1.807) is 19.2 Å². The van der Waals surface area contributed by atoms with Crippen LogP contribution in [0.25, 0.3) is 0 Å². The molecule has 0 saturated carbocycles. The summed E-state index contributed by atoms with van der Waals surface area (Å²) in [5.74, 6) is -0.212. The maximum atomic E-state index is 12.7. The highest BCUT2D eigenvalue weighted by atomic mass is 16.3. The van der Waals surface area contributed by atoms with Gasteiger partial charge in [-0.15, -0.1) is 0 Å². The van der Waals surface area contributed by atoms with Crippen molar-refractivity contribution in [3.05, 3.63) is 52.1 Å². The number of rotatable bonds is 5. The first-order valence-corrected chi connectivity index (χ1v) is 9.65. The lowest BCUT2D eigenvalue weighted by Crippen LogP contribution is -2.26.